The van der Waals surface area contributed by atoms with Crippen LogP contribution < -0.4 is 0 Å². The summed E-state index contributed by atoms with van der Waals surface area (Å²) in [5.41, 5.74) is 0. The zero-order valence-electron chi connectivity index (χ0n) is 5.82. The van der Waals surface area contributed by atoms with Gasteiger partial charge in [0, 0.05) is 6.42 Å². The lowest BCUT2D eigenvalue weighted by molar-refractivity contribution is -0.198. The fourth-order valence-electron chi connectivity index (χ4n) is 0.219. The van der Waals surface area contributed by atoms with Crippen LogP contribution >= 0.6 is 0 Å². The van der Waals surface area contributed by atoms with Crippen molar-refractivity contribution in [3.8, 4) is 0 Å². The van der Waals surface area contributed by atoms with Crippen molar-refractivity contribution in [3.63, 3.8) is 0 Å². The van der Waals surface area contributed by atoms with Gasteiger partial charge in [-0.1, -0.05) is 6.92 Å². The van der Waals surface area contributed by atoms with Gasteiger partial charge in [-0.2, -0.15) is 0 Å². The number of hydrogen-bond acceptors (Lipinski definition) is 3. The normalized spacial score (nSPS) is 12.1. The summed E-state index contributed by atoms with van der Waals surface area (Å²) in [5, 5.41) is 0. The van der Waals surface area contributed by atoms with Gasteiger partial charge in [-0.05, 0) is 12.2 Å². The van der Waals surface area contributed by atoms with Crippen LogP contribution in [-0.2, 0) is 14.6 Å². The van der Waals surface area contributed by atoms with Crippen LogP contribution in [0.15, 0.2) is 24.7 Å². The molecule has 0 saturated carbocycles. The molecule has 0 saturated heterocycles. The Hall–Kier alpha value is -1.25. The Bertz CT molecular complexity index is 115. The molecule has 10 heavy (non-hydrogen) atoms. The van der Waals surface area contributed by atoms with Gasteiger partial charge in [0.2, 0.25) is 0 Å². The van der Waals surface area contributed by atoms with E-state index in [-0.39, 0.29) is 0 Å². The minimum Gasteiger partial charge on any atom is -0.303 e. The minimum atomic E-state index is 0.639. The van der Waals surface area contributed by atoms with Crippen LogP contribution in [0, 0.1) is 0 Å². The zero-order chi connectivity index (χ0) is 7.66. The summed E-state index contributed by atoms with van der Waals surface area (Å²) in [7, 11) is 0. The molecular formula is C7H10O3. The molecule has 1 aliphatic heterocycles. The molecule has 1 heterocycles. The van der Waals surface area contributed by atoms with E-state index in [1.165, 1.54) is 12.5 Å². The van der Waals surface area contributed by atoms with Crippen molar-refractivity contribution in [1.82, 2.24) is 0 Å². The van der Waals surface area contributed by atoms with Crippen molar-refractivity contribution in [1.29, 1.82) is 0 Å². The van der Waals surface area contributed by atoms with E-state index in [1.54, 1.807) is 12.2 Å². The molecule has 1 rings (SSSR count). The topological polar surface area (TPSA) is 35.5 Å². The SMILES string of the molecule is C1=COOC=C1.CCC=O. The molecule has 0 aliphatic carbocycles. The van der Waals surface area contributed by atoms with E-state index in [0.717, 1.165) is 6.29 Å². The maximum atomic E-state index is 9.17. The molecule has 3 nitrogen and oxygen atoms in total. The highest BCUT2D eigenvalue weighted by Gasteiger charge is 1.75. The second-order valence-corrected chi connectivity index (χ2v) is 1.42. The number of rotatable bonds is 1. The minimum absolute atomic E-state index is 0.639. The summed E-state index contributed by atoms with van der Waals surface area (Å²) in [6.07, 6.45) is 7.91. The number of hydrogen-bond donors (Lipinski definition) is 0. The number of carbonyl (C=O) groups is 1. The van der Waals surface area contributed by atoms with Crippen molar-refractivity contribution in [3.05, 3.63) is 24.7 Å². The molecule has 0 aromatic carbocycles. The van der Waals surface area contributed by atoms with Crippen LogP contribution in [-0.4, -0.2) is 6.29 Å². The average molecular weight is 142 g/mol. The van der Waals surface area contributed by atoms with Crippen molar-refractivity contribution >= 4 is 6.29 Å². The molecular weight excluding hydrogens is 132 g/mol. The first-order valence-electron chi connectivity index (χ1n) is 2.99. The Morgan fingerprint density at radius 1 is 1.30 bits per heavy atom. The Kier molecular flexibility index (Phi) is 6.78. The van der Waals surface area contributed by atoms with Crippen LogP contribution in [0.1, 0.15) is 13.3 Å². The van der Waals surface area contributed by atoms with Crippen LogP contribution in [0.5, 0.6) is 0 Å². The first kappa shape index (κ1) is 8.75. The lowest BCUT2D eigenvalue weighted by Crippen LogP contribution is -1.78. The molecule has 0 aromatic rings. The quantitative estimate of drug-likeness (QED) is 0.411. The van der Waals surface area contributed by atoms with Gasteiger partial charge < -0.3 is 4.79 Å². The fraction of sp³-hybridized carbons (Fsp3) is 0.286. The third-order valence-corrected chi connectivity index (χ3v) is 0.602. The van der Waals surface area contributed by atoms with Crippen molar-refractivity contribution in [2.24, 2.45) is 0 Å². The molecule has 56 valence electrons. The summed E-state index contributed by atoms with van der Waals surface area (Å²) >= 11 is 0. The molecule has 0 spiro atoms. The van der Waals surface area contributed by atoms with Gasteiger partial charge in [-0.25, -0.2) is 0 Å². The largest absolute Gasteiger partial charge is 0.303 e. The standard InChI is InChI=1S/C4H4O2.C3H6O/c1-2-4-6-5-3-1;1-2-3-4/h1-4H;3H,2H2,1H3. The molecule has 0 atom stereocenters. The first-order valence-corrected chi connectivity index (χ1v) is 2.99. The molecule has 0 bridgehead atoms. The zero-order valence-corrected chi connectivity index (χ0v) is 5.82. The number of allylic oxidation sites excluding steroid dienone is 2. The molecule has 0 aromatic heterocycles. The highest BCUT2D eigenvalue weighted by Crippen LogP contribution is 1.89. The molecule has 0 unspecified atom stereocenters. The monoisotopic (exact) mass is 142 g/mol. The lowest BCUT2D eigenvalue weighted by atomic mass is 10.6. The second-order valence-electron chi connectivity index (χ2n) is 1.42. The Balaban J connectivity index is 0.000000180. The summed E-state index contributed by atoms with van der Waals surface area (Å²) in [5.74, 6) is 0. The van der Waals surface area contributed by atoms with Crippen molar-refractivity contribution < 1.29 is 14.6 Å². The van der Waals surface area contributed by atoms with Crippen LogP contribution in [0.25, 0.3) is 0 Å². The van der Waals surface area contributed by atoms with E-state index in [0.29, 0.717) is 6.42 Å². The lowest BCUT2D eigenvalue weighted by Gasteiger charge is -1.94. The van der Waals surface area contributed by atoms with Gasteiger partial charge in [0.25, 0.3) is 0 Å². The summed E-state index contributed by atoms with van der Waals surface area (Å²) in [4.78, 5) is 17.8. The van der Waals surface area contributed by atoms with Gasteiger partial charge >= 0.3 is 0 Å². The molecule has 0 radical (unpaired) electrons. The van der Waals surface area contributed by atoms with Gasteiger partial charge in [0.15, 0.2) is 0 Å². The van der Waals surface area contributed by atoms with Gasteiger partial charge in [0.1, 0.15) is 18.8 Å². The molecule has 0 N–H and O–H groups in total. The first-order chi connectivity index (χ1) is 4.91. The predicted octanol–water partition coefficient (Wildman–Crippen LogP) is 1.57. The van der Waals surface area contributed by atoms with Crippen molar-refractivity contribution in [2.45, 2.75) is 13.3 Å². The van der Waals surface area contributed by atoms with E-state index in [1.807, 2.05) is 6.92 Å². The summed E-state index contributed by atoms with van der Waals surface area (Å²) in [6, 6.07) is 0. The van der Waals surface area contributed by atoms with Crippen LogP contribution in [0.3, 0.4) is 0 Å². The second kappa shape index (κ2) is 7.75. The van der Waals surface area contributed by atoms with E-state index in [4.69, 9.17) is 0 Å². The van der Waals surface area contributed by atoms with Gasteiger partial charge in [-0.15, -0.1) is 0 Å². The molecule has 1 aliphatic rings. The van der Waals surface area contributed by atoms with Crippen molar-refractivity contribution in [2.75, 3.05) is 0 Å². The summed E-state index contributed by atoms with van der Waals surface area (Å²) < 4.78 is 0. The fourth-order valence-corrected chi connectivity index (χ4v) is 0.219. The third-order valence-electron chi connectivity index (χ3n) is 0.602. The highest BCUT2D eigenvalue weighted by atomic mass is 17.2. The highest BCUT2D eigenvalue weighted by molar-refractivity contribution is 5.48. The Morgan fingerprint density at radius 3 is 1.80 bits per heavy atom. The smallest absolute Gasteiger partial charge is 0.142 e. The number of carbonyl (C=O) groups excluding carboxylic acids is 1. The maximum absolute atomic E-state index is 9.17. The number of aldehydes is 1. The Morgan fingerprint density at radius 2 is 1.70 bits per heavy atom. The molecule has 0 fully saturated rings. The van der Waals surface area contributed by atoms with Crippen LogP contribution in [0.2, 0.25) is 0 Å². The Labute approximate surface area is 59.9 Å². The van der Waals surface area contributed by atoms with E-state index >= 15 is 0 Å². The van der Waals surface area contributed by atoms with E-state index in [9.17, 15) is 4.79 Å². The molecule has 3 heteroatoms. The maximum Gasteiger partial charge on any atom is 0.142 e. The van der Waals surface area contributed by atoms with E-state index < -0.39 is 0 Å². The average Bonchev–Trinajstić information content (AvgIpc) is 2.08. The predicted molar refractivity (Wildman–Crippen MR) is 36.8 cm³/mol. The molecule has 0 amide bonds. The van der Waals surface area contributed by atoms with Crippen LogP contribution in [0.4, 0.5) is 0 Å². The van der Waals surface area contributed by atoms with Gasteiger partial charge in [-0.3, -0.25) is 9.78 Å². The summed E-state index contributed by atoms with van der Waals surface area (Å²) in [6.45, 7) is 1.81. The third kappa shape index (κ3) is 6.75. The van der Waals surface area contributed by atoms with E-state index in [2.05, 4.69) is 9.78 Å². The van der Waals surface area contributed by atoms with Gasteiger partial charge in [0.05, 0.1) is 0 Å².